The standard InChI is InChI=1S/C28H29N3O4S/c1-5-6-12-35-28(34)21-8-7-9-22(14-21)30-23(32)15-31-16-29-26-25(27(31)33)24(19(4)36-26)20-11-10-17(2)18(3)13-20/h7-11,13-14,16H,5-6,12,15H2,1-4H3,(H,30,32). The van der Waals surface area contributed by atoms with Gasteiger partial charge in [-0.05, 0) is 62.1 Å². The number of unbranched alkanes of at least 4 members (excludes halogenated alkanes) is 1. The van der Waals surface area contributed by atoms with E-state index in [4.69, 9.17) is 4.74 Å². The van der Waals surface area contributed by atoms with E-state index in [0.29, 0.717) is 28.1 Å². The molecule has 0 unspecified atom stereocenters. The summed E-state index contributed by atoms with van der Waals surface area (Å²) in [5.74, 6) is -0.827. The van der Waals surface area contributed by atoms with E-state index < -0.39 is 11.9 Å². The molecule has 1 amide bonds. The molecule has 0 atom stereocenters. The smallest absolute Gasteiger partial charge is 0.338 e. The molecule has 0 bridgehead atoms. The highest BCUT2D eigenvalue weighted by Gasteiger charge is 2.18. The molecule has 0 aliphatic rings. The number of fused-ring (bicyclic) bond motifs is 1. The van der Waals surface area contributed by atoms with Crippen LogP contribution in [0.5, 0.6) is 0 Å². The minimum Gasteiger partial charge on any atom is -0.462 e. The number of amides is 1. The first kappa shape index (κ1) is 25.3. The molecule has 7 nitrogen and oxygen atoms in total. The maximum Gasteiger partial charge on any atom is 0.338 e. The highest BCUT2D eigenvalue weighted by atomic mass is 32.1. The summed E-state index contributed by atoms with van der Waals surface area (Å²) in [6.45, 7) is 8.25. The van der Waals surface area contributed by atoms with Gasteiger partial charge >= 0.3 is 5.97 Å². The summed E-state index contributed by atoms with van der Waals surface area (Å²) in [7, 11) is 0. The average molecular weight is 504 g/mol. The number of aromatic nitrogens is 2. The number of thiophene rings is 1. The highest BCUT2D eigenvalue weighted by molar-refractivity contribution is 7.19. The molecule has 0 spiro atoms. The van der Waals surface area contributed by atoms with Crippen LogP contribution in [0.25, 0.3) is 21.3 Å². The Labute approximate surface area is 213 Å². The van der Waals surface area contributed by atoms with Crippen LogP contribution in [0.2, 0.25) is 0 Å². The van der Waals surface area contributed by atoms with Crippen LogP contribution in [-0.4, -0.2) is 28.0 Å². The van der Waals surface area contributed by atoms with Crippen molar-refractivity contribution >= 4 is 39.1 Å². The summed E-state index contributed by atoms with van der Waals surface area (Å²) >= 11 is 1.47. The molecule has 4 aromatic rings. The van der Waals surface area contributed by atoms with Gasteiger partial charge in [0.15, 0.2) is 0 Å². The van der Waals surface area contributed by atoms with E-state index in [-0.39, 0.29) is 12.1 Å². The van der Waals surface area contributed by atoms with Crippen molar-refractivity contribution in [3.8, 4) is 11.1 Å². The van der Waals surface area contributed by atoms with Crippen LogP contribution in [0.4, 0.5) is 5.69 Å². The molecule has 2 aromatic heterocycles. The monoisotopic (exact) mass is 503 g/mol. The third kappa shape index (κ3) is 5.39. The minimum atomic E-state index is -0.433. The Bertz CT molecular complexity index is 1500. The lowest BCUT2D eigenvalue weighted by atomic mass is 9.99. The van der Waals surface area contributed by atoms with Crippen molar-refractivity contribution in [2.24, 2.45) is 0 Å². The van der Waals surface area contributed by atoms with Gasteiger partial charge in [0.05, 0.1) is 23.9 Å². The van der Waals surface area contributed by atoms with Gasteiger partial charge in [0.2, 0.25) is 5.91 Å². The van der Waals surface area contributed by atoms with Gasteiger partial charge < -0.3 is 10.1 Å². The number of anilines is 1. The Kier molecular flexibility index (Phi) is 7.64. The van der Waals surface area contributed by atoms with Crippen LogP contribution in [0, 0.1) is 20.8 Å². The zero-order chi connectivity index (χ0) is 25.8. The summed E-state index contributed by atoms with van der Waals surface area (Å²) in [5, 5.41) is 3.28. The Morgan fingerprint density at radius 2 is 1.89 bits per heavy atom. The Hall–Kier alpha value is -3.78. The van der Waals surface area contributed by atoms with Crippen molar-refractivity contribution in [3.63, 3.8) is 0 Å². The van der Waals surface area contributed by atoms with E-state index >= 15 is 0 Å². The van der Waals surface area contributed by atoms with Gasteiger partial charge in [0.25, 0.3) is 5.56 Å². The molecule has 0 saturated heterocycles. The van der Waals surface area contributed by atoms with Crippen LogP contribution >= 0.6 is 11.3 Å². The Morgan fingerprint density at radius 1 is 1.08 bits per heavy atom. The van der Waals surface area contributed by atoms with Crippen LogP contribution in [0.1, 0.15) is 46.1 Å². The average Bonchev–Trinajstić information content (AvgIpc) is 3.19. The molecule has 2 aromatic carbocycles. The first-order valence-corrected chi connectivity index (χ1v) is 12.7. The van der Waals surface area contributed by atoms with Crippen LogP contribution in [0.15, 0.2) is 53.6 Å². The molecular weight excluding hydrogens is 474 g/mol. The molecule has 4 rings (SSSR count). The predicted molar refractivity (Wildman–Crippen MR) is 144 cm³/mol. The van der Waals surface area contributed by atoms with Crippen LogP contribution in [-0.2, 0) is 16.1 Å². The molecule has 0 radical (unpaired) electrons. The first-order chi connectivity index (χ1) is 17.3. The zero-order valence-corrected chi connectivity index (χ0v) is 21.7. The number of esters is 1. The predicted octanol–water partition coefficient (Wildman–Crippen LogP) is 5.65. The van der Waals surface area contributed by atoms with Gasteiger partial charge in [-0.2, -0.15) is 0 Å². The molecule has 0 aliphatic carbocycles. The zero-order valence-electron chi connectivity index (χ0n) is 20.9. The second-order valence-electron chi connectivity index (χ2n) is 8.81. The fourth-order valence-corrected chi connectivity index (χ4v) is 4.97. The number of nitrogens with one attached hydrogen (secondary N) is 1. The number of hydrogen-bond acceptors (Lipinski definition) is 6. The van der Waals surface area contributed by atoms with E-state index in [0.717, 1.165) is 34.4 Å². The van der Waals surface area contributed by atoms with Gasteiger partial charge in [0.1, 0.15) is 11.4 Å². The van der Waals surface area contributed by atoms with Gasteiger partial charge in [-0.25, -0.2) is 9.78 Å². The van der Waals surface area contributed by atoms with Gasteiger partial charge in [-0.1, -0.05) is 37.6 Å². The van der Waals surface area contributed by atoms with E-state index in [1.807, 2.05) is 32.9 Å². The molecule has 0 aliphatic heterocycles. The molecule has 0 fully saturated rings. The van der Waals surface area contributed by atoms with Gasteiger partial charge in [-0.15, -0.1) is 11.3 Å². The second-order valence-corrected chi connectivity index (χ2v) is 10.0. The lowest BCUT2D eigenvalue weighted by Crippen LogP contribution is -2.27. The number of nitrogens with zero attached hydrogens (tertiary/aromatic N) is 2. The molecule has 8 heteroatoms. The Morgan fingerprint density at radius 3 is 2.64 bits per heavy atom. The summed E-state index contributed by atoms with van der Waals surface area (Å²) in [5.41, 5.74) is 4.70. The van der Waals surface area contributed by atoms with Gasteiger partial charge in [-0.3, -0.25) is 14.2 Å². The maximum atomic E-state index is 13.4. The van der Waals surface area contributed by atoms with Crippen LogP contribution < -0.4 is 10.9 Å². The van der Waals surface area contributed by atoms with Crippen molar-refractivity contribution in [1.82, 2.24) is 9.55 Å². The van der Waals surface area contributed by atoms with E-state index in [9.17, 15) is 14.4 Å². The number of benzene rings is 2. The molecule has 0 saturated carbocycles. The fraction of sp³-hybridized carbons (Fsp3) is 0.286. The second kappa shape index (κ2) is 10.9. The van der Waals surface area contributed by atoms with Crippen LogP contribution in [0.3, 0.4) is 0 Å². The van der Waals surface area contributed by atoms with Crippen molar-refractivity contribution in [3.05, 3.63) is 80.7 Å². The molecular formula is C28H29N3O4S. The van der Waals surface area contributed by atoms with E-state index in [1.54, 1.807) is 24.3 Å². The quantitative estimate of drug-likeness (QED) is 0.248. The summed E-state index contributed by atoms with van der Waals surface area (Å²) in [6.07, 6.45) is 3.14. The first-order valence-electron chi connectivity index (χ1n) is 11.9. The summed E-state index contributed by atoms with van der Waals surface area (Å²) in [6, 6.07) is 12.7. The largest absolute Gasteiger partial charge is 0.462 e. The number of aryl methyl sites for hydroxylation is 3. The van der Waals surface area contributed by atoms with Crippen molar-refractivity contribution in [2.75, 3.05) is 11.9 Å². The summed E-state index contributed by atoms with van der Waals surface area (Å²) in [4.78, 5) is 44.6. The number of ether oxygens (including phenoxy) is 1. The summed E-state index contributed by atoms with van der Waals surface area (Å²) < 4.78 is 6.56. The molecule has 186 valence electrons. The van der Waals surface area contributed by atoms with E-state index in [2.05, 4.69) is 23.3 Å². The lowest BCUT2D eigenvalue weighted by molar-refractivity contribution is -0.116. The SMILES string of the molecule is CCCCOC(=O)c1cccc(NC(=O)Cn2cnc3sc(C)c(-c4ccc(C)c(C)c4)c3c2=O)c1. The number of carbonyl (C=O) groups is 2. The number of carbonyl (C=O) groups excluding carboxylic acids is 2. The third-order valence-electron chi connectivity index (χ3n) is 6.08. The topological polar surface area (TPSA) is 90.3 Å². The Balaban J connectivity index is 1.57. The third-order valence-corrected chi connectivity index (χ3v) is 7.09. The van der Waals surface area contributed by atoms with Gasteiger partial charge in [0, 0.05) is 16.1 Å². The minimum absolute atomic E-state index is 0.200. The van der Waals surface area contributed by atoms with Crippen molar-refractivity contribution < 1.29 is 14.3 Å². The maximum absolute atomic E-state index is 13.4. The molecule has 2 heterocycles. The fourth-order valence-electron chi connectivity index (χ4n) is 3.97. The molecule has 1 N–H and O–H groups in total. The van der Waals surface area contributed by atoms with E-state index in [1.165, 1.54) is 27.8 Å². The normalized spacial score (nSPS) is 11.0. The lowest BCUT2D eigenvalue weighted by Gasteiger charge is -2.10. The number of hydrogen-bond donors (Lipinski definition) is 1. The molecule has 36 heavy (non-hydrogen) atoms. The highest BCUT2D eigenvalue weighted by Crippen LogP contribution is 2.36. The van der Waals surface area contributed by atoms with Crippen molar-refractivity contribution in [1.29, 1.82) is 0 Å². The number of rotatable bonds is 8. The van der Waals surface area contributed by atoms with Crippen molar-refractivity contribution in [2.45, 2.75) is 47.1 Å².